The van der Waals surface area contributed by atoms with Gasteiger partial charge < -0.3 is 24.2 Å². The first-order valence-electron chi connectivity index (χ1n) is 26.9. The first-order valence-corrected chi connectivity index (χ1v) is 28.4. The van der Waals surface area contributed by atoms with E-state index in [4.69, 9.17) is 23.3 Å². The van der Waals surface area contributed by atoms with Crippen molar-refractivity contribution in [3.63, 3.8) is 0 Å². The van der Waals surface area contributed by atoms with Crippen LogP contribution in [0.25, 0.3) is 0 Å². The Morgan fingerprint density at radius 2 is 0.758 bits per heavy atom. The van der Waals surface area contributed by atoms with Crippen molar-refractivity contribution >= 4 is 25.7 Å². The SMILES string of the molecule is CCCC/C=C\CCCCCCCC(=O)OC(CO)COP(=O)(O)OCC(COC(=O)CCCCCCCCCCCCCCC)OC(=O)CCCCCCC/C=C\C/C=C\CCCCC. The number of rotatable bonds is 50. The Morgan fingerprint density at radius 3 is 1.21 bits per heavy atom. The van der Waals surface area contributed by atoms with Crippen LogP contribution in [0, 0.1) is 0 Å². The zero-order valence-corrected chi connectivity index (χ0v) is 43.3. The van der Waals surface area contributed by atoms with Crippen LogP contribution in [0.15, 0.2) is 36.5 Å². The van der Waals surface area contributed by atoms with Crippen molar-refractivity contribution in [3.05, 3.63) is 36.5 Å². The highest BCUT2D eigenvalue weighted by molar-refractivity contribution is 7.47. The molecule has 0 aromatic rings. The van der Waals surface area contributed by atoms with Crippen LogP contribution in [0.2, 0.25) is 0 Å². The first-order chi connectivity index (χ1) is 32.2. The summed E-state index contributed by atoms with van der Waals surface area (Å²) < 4.78 is 39.4. The average Bonchev–Trinajstić information content (AvgIpc) is 3.30. The van der Waals surface area contributed by atoms with Crippen LogP contribution in [-0.2, 0) is 42.2 Å². The topological polar surface area (TPSA) is 155 Å². The van der Waals surface area contributed by atoms with Gasteiger partial charge in [-0.15, -0.1) is 0 Å². The van der Waals surface area contributed by atoms with Crippen molar-refractivity contribution in [2.75, 3.05) is 26.4 Å². The molecule has 0 saturated heterocycles. The quantitative estimate of drug-likeness (QED) is 0.0197. The molecule has 3 unspecified atom stereocenters. The van der Waals surface area contributed by atoms with E-state index in [1.165, 1.54) is 89.9 Å². The standard InChI is InChI=1S/C54H99O11P/c1-4-7-10-13-16-19-22-24-25-27-30-33-36-39-42-45-54(58)65-51(47-61-52(56)43-40-37-34-31-29-26-23-20-17-14-11-8-5-2)49-63-66(59,60)62-48-50(46-55)64-53(57)44-41-38-35-32-28-21-18-15-12-9-6-3/h15-16,18-19,24-25,50-51,55H,4-14,17,20-23,26-49H2,1-3H3,(H,59,60)/b18-15-,19-16-,25-24-. The second-order valence-corrected chi connectivity index (χ2v) is 19.5. The van der Waals surface area contributed by atoms with E-state index in [1.807, 2.05) is 0 Å². The summed E-state index contributed by atoms with van der Waals surface area (Å²) in [5.41, 5.74) is 0. The molecule has 0 rings (SSSR count). The number of hydrogen-bond acceptors (Lipinski definition) is 10. The van der Waals surface area contributed by atoms with Gasteiger partial charge in [-0.25, -0.2) is 4.57 Å². The van der Waals surface area contributed by atoms with Crippen molar-refractivity contribution in [1.29, 1.82) is 0 Å². The summed E-state index contributed by atoms with van der Waals surface area (Å²) in [6, 6.07) is 0. The fraction of sp³-hybridized carbons (Fsp3) is 0.833. The molecule has 0 aliphatic carbocycles. The van der Waals surface area contributed by atoms with Crippen LogP contribution in [-0.4, -0.2) is 66.5 Å². The van der Waals surface area contributed by atoms with Gasteiger partial charge >= 0.3 is 25.7 Å². The average molecular weight is 955 g/mol. The lowest BCUT2D eigenvalue weighted by molar-refractivity contribution is -0.161. The summed E-state index contributed by atoms with van der Waals surface area (Å²) in [5.74, 6) is -1.48. The molecule has 0 amide bonds. The number of aliphatic hydroxyl groups excluding tert-OH is 1. The molecule has 12 heteroatoms. The van der Waals surface area contributed by atoms with E-state index in [2.05, 4.69) is 57.2 Å². The molecule has 0 aromatic heterocycles. The summed E-state index contributed by atoms with van der Waals surface area (Å²) in [6.07, 6.45) is 48.2. The molecular weight excluding hydrogens is 856 g/mol. The highest BCUT2D eigenvalue weighted by Gasteiger charge is 2.28. The van der Waals surface area contributed by atoms with Gasteiger partial charge in [-0.05, 0) is 70.6 Å². The second kappa shape index (κ2) is 49.1. The van der Waals surface area contributed by atoms with E-state index in [1.54, 1.807) is 0 Å². The number of carbonyl (C=O) groups excluding carboxylic acids is 3. The molecule has 2 N–H and O–H groups in total. The highest BCUT2D eigenvalue weighted by Crippen LogP contribution is 2.43. The number of allylic oxidation sites excluding steroid dienone is 6. The molecule has 0 bridgehead atoms. The molecule has 0 fully saturated rings. The fourth-order valence-corrected chi connectivity index (χ4v) is 8.15. The van der Waals surface area contributed by atoms with Crippen molar-refractivity contribution in [2.24, 2.45) is 0 Å². The minimum atomic E-state index is -4.74. The first kappa shape index (κ1) is 63.7. The van der Waals surface area contributed by atoms with Gasteiger partial charge in [0.15, 0.2) is 6.10 Å². The Morgan fingerprint density at radius 1 is 0.424 bits per heavy atom. The van der Waals surface area contributed by atoms with Gasteiger partial charge in [0.2, 0.25) is 0 Å². The number of aliphatic hydroxyl groups is 1. The van der Waals surface area contributed by atoms with Crippen molar-refractivity contribution in [2.45, 2.75) is 264 Å². The van der Waals surface area contributed by atoms with Crippen molar-refractivity contribution in [3.8, 4) is 0 Å². The summed E-state index contributed by atoms with van der Waals surface area (Å²) in [5, 5.41) is 9.76. The molecule has 0 radical (unpaired) electrons. The molecule has 0 aromatic carbocycles. The van der Waals surface area contributed by atoms with Gasteiger partial charge in [0.1, 0.15) is 12.7 Å². The van der Waals surface area contributed by atoms with Crippen LogP contribution in [0.5, 0.6) is 0 Å². The van der Waals surface area contributed by atoms with Gasteiger partial charge in [0.05, 0.1) is 19.8 Å². The maximum absolute atomic E-state index is 12.8. The summed E-state index contributed by atoms with van der Waals surface area (Å²) in [4.78, 5) is 48.3. The van der Waals surface area contributed by atoms with E-state index >= 15 is 0 Å². The summed E-state index contributed by atoms with van der Waals surface area (Å²) in [6.45, 7) is 4.56. The van der Waals surface area contributed by atoms with Gasteiger partial charge in [0, 0.05) is 19.3 Å². The molecular formula is C54H99O11P. The van der Waals surface area contributed by atoms with E-state index in [-0.39, 0.29) is 25.9 Å². The minimum absolute atomic E-state index is 0.154. The molecule has 386 valence electrons. The molecule has 3 atom stereocenters. The lowest BCUT2D eigenvalue weighted by Crippen LogP contribution is -2.30. The van der Waals surface area contributed by atoms with Gasteiger partial charge in [0.25, 0.3) is 0 Å². The normalized spacial score (nSPS) is 13.7. The van der Waals surface area contributed by atoms with Crippen molar-refractivity contribution in [1.82, 2.24) is 0 Å². The Hall–Kier alpha value is -2.30. The zero-order chi connectivity index (χ0) is 48.4. The molecule has 66 heavy (non-hydrogen) atoms. The third-order valence-corrected chi connectivity index (χ3v) is 12.5. The Labute approximate surface area is 403 Å². The number of hydrogen-bond donors (Lipinski definition) is 2. The van der Waals surface area contributed by atoms with E-state index in [9.17, 15) is 28.9 Å². The smallest absolute Gasteiger partial charge is 0.462 e. The molecule has 0 spiro atoms. The predicted molar refractivity (Wildman–Crippen MR) is 270 cm³/mol. The number of ether oxygens (including phenoxy) is 3. The molecule has 0 aliphatic rings. The summed E-state index contributed by atoms with van der Waals surface area (Å²) >= 11 is 0. The third kappa shape index (κ3) is 46.8. The van der Waals surface area contributed by atoms with Crippen molar-refractivity contribution < 1.29 is 52.2 Å². The Balaban J connectivity index is 4.75. The molecule has 0 saturated carbocycles. The monoisotopic (exact) mass is 955 g/mol. The molecule has 0 heterocycles. The largest absolute Gasteiger partial charge is 0.472 e. The number of unbranched alkanes of at least 4 members (excludes halogenated alkanes) is 27. The van der Waals surface area contributed by atoms with Gasteiger partial charge in [-0.3, -0.25) is 23.4 Å². The number of esters is 3. The Kier molecular flexibility index (Phi) is 47.4. The maximum atomic E-state index is 12.8. The Bertz CT molecular complexity index is 1250. The lowest BCUT2D eigenvalue weighted by Gasteiger charge is -2.21. The zero-order valence-electron chi connectivity index (χ0n) is 42.4. The number of phosphoric ester groups is 1. The third-order valence-electron chi connectivity index (χ3n) is 11.5. The number of phosphoric acid groups is 1. The minimum Gasteiger partial charge on any atom is -0.462 e. The number of carbonyl (C=O) groups is 3. The molecule has 0 aliphatic heterocycles. The van der Waals surface area contributed by atoms with Crippen LogP contribution < -0.4 is 0 Å². The van der Waals surface area contributed by atoms with Gasteiger partial charge in [-0.1, -0.05) is 198 Å². The predicted octanol–water partition coefficient (Wildman–Crippen LogP) is 15.3. The highest BCUT2D eigenvalue weighted by atomic mass is 31.2. The maximum Gasteiger partial charge on any atom is 0.472 e. The fourth-order valence-electron chi connectivity index (χ4n) is 7.37. The van der Waals surface area contributed by atoms with E-state index in [0.717, 1.165) is 103 Å². The van der Waals surface area contributed by atoms with E-state index in [0.29, 0.717) is 19.3 Å². The second-order valence-electron chi connectivity index (χ2n) is 18.0. The van der Waals surface area contributed by atoms with Crippen LogP contribution in [0.4, 0.5) is 0 Å². The van der Waals surface area contributed by atoms with E-state index < -0.39 is 57.8 Å². The van der Waals surface area contributed by atoms with Gasteiger partial charge in [-0.2, -0.15) is 0 Å². The summed E-state index contributed by atoms with van der Waals surface area (Å²) in [7, 11) is -4.74. The van der Waals surface area contributed by atoms with Crippen LogP contribution >= 0.6 is 7.82 Å². The van der Waals surface area contributed by atoms with Crippen LogP contribution in [0.3, 0.4) is 0 Å². The lowest BCUT2D eigenvalue weighted by atomic mass is 10.0. The van der Waals surface area contributed by atoms with Crippen LogP contribution in [0.1, 0.15) is 252 Å². The molecule has 11 nitrogen and oxygen atoms in total.